The number of aryl methyl sites for hydroxylation is 1. The third kappa shape index (κ3) is 4.27. The normalized spacial score (nSPS) is 16.8. The summed E-state index contributed by atoms with van der Waals surface area (Å²) in [5, 5.41) is 8.92. The molecule has 1 aromatic carbocycles. The number of carboxylic acids is 1. The number of aliphatic carboxylic acids is 1. The molecule has 8 nitrogen and oxygen atoms in total. The average molecular weight is 393 g/mol. The second-order valence-corrected chi connectivity index (χ2v) is 7.12. The largest absolute Gasteiger partial charge is 0.482 e. The van der Waals surface area contributed by atoms with Gasteiger partial charge in [0.15, 0.2) is 12.4 Å². The van der Waals surface area contributed by atoms with Crippen molar-refractivity contribution in [3.05, 3.63) is 59.8 Å². The van der Waals surface area contributed by atoms with Crippen molar-refractivity contribution in [2.24, 2.45) is 0 Å². The van der Waals surface area contributed by atoms with Crippen molar-refractivity contribution >= 4 is 5.97 Å². The summed E-state index contributed by atoms with van der Waals surface area (Å²) in [5.41, 5.74) is 3.61. The van der Waals surface area contributed by atoms with Crippen LogP contribution in [0.15, 0.2) is 42.9 Å². The van der Waals surface area contributed by atoms with E-state index in [0.29, 0.717) is 12.3 Å². The highest BCUT2D eigenvalue weighted by Crippen LogP contribution is 2.36. The van der Waals surface area contributed by atoms with E-state index in [-0.39, 0.29) is 12.6 Å². The molecule has 1 aliphatic rings. The van der Waals surface area contributed by atoms with Crippen LogP contribution in [-0.2, 0) is 11.3 Å². The van der Waals surface area contributed by atoms with Crippen LogP contribution in [0.4, 0.5) is 0 Å². The topological polar surface area (TPSA) is 104 Å². The number of benzene rings is 1. The van der Waals surface area contributed by atoms with Crippen LogP contribution < -0.4 is 4.74 Å². The summed E-state index contributed by atoms with van der Waals surface area (Å²) in [6.45, 7) is 3.17. The summed E-state index contributed by atoms with van der Waals surface area (Å²) >= 11 is 0. The van der Waals surface area contributed by atoms with Gasteiger partial charge in [0.2, 0.25) is 0 Å². The van der Waals surface area contributed by atoms with Gasteiger partial charge in [0.1, 0.15) is 11.4 Å². The molecule has 2 aromatic heterocycles. The second kappa shape index (κ2) is 8.40. The minimum Gasteiger partial charge on any atom is -0.482 e. The first kappa shape index (κ1) is 19.1. The molecule has 0 unspecified atom stereocenters. The standard InChI is InChI=1S/C21H23N5O3/c1-14-11-24-21(25-14)20-19(22-8-9-23-20)16-6-4-10-26(16)12-15-5-2-3-7-17(15)29-13-18(27)28/h2-3,5,7-9,11,16H,4,6,10,12-13H2,1H3,(H,24,25)(H,27,28)/t16-/m0/s1. The second-order valence-electron chi connectivity index (χ2n) is 7.12. The lowest BCUT2D eigenvalue weighted by Gasteiger charge is -2.25. The molecule has 1 aliphatic heterocycles. The van der Waals surface area contributed by atoms with Gasteiger partial charge >= 0.3 is 5.97 Å². The molecule has 4 rings (SSSR count). The number of carbonyl (C=O) groups is 1. The third-order valence-corrected chi connectivity index (χ3v) is 5.03. The number of aromatic nitrogens is 4. The zero-order valence-electron chi connectivity index (χ0n) is 16.2. The Labute approximate surface area is 168 Å². The molecule has 0 saturated carbocycles. The van der Waals surface area contributed by atoms with Crippen LogP contribution in [0.3, 0.4) is 0 Å². The van der Waals surface area contributed by atoms with Crippen LogP contribution in [0.1, 0.15) is 35.8 Å². The van der Waals surface area contributed by atoms with Gasteiger partial charge in [0.05, 0.1) is 11.7 Å². The van der Waals surface area contributed by atoms with Crippen LogP contribution in [0.25, 0.3) is 11.5 Å². The van der Waals surface area contributed by atoms with E-state index >= 15 is 0 Å². The lowest BCUT2D eigenvalue weighted by atomic mass is 10.1. The summed E-state index contributed by atoms with van der Waals surface area (Å²) in [5.74, 6) is 0.334. The first-order chi connectivity index (χ1) is 14.1. The van der Waals surface area contributed by atoms with Gasteiger partial charge in [-0.3, -0.25) is 9.88 Å². The summed E-state index contributed by atoms with van der Waals surface area (Å²) in [6.07, 6.45) is 7.22. The highest BCUT2D eigenvalue weighted by atomic mass is 16.5. The molecule has 3 heterocycles. The van der Waals surface area contributed by atoms with E-state index in [9.17, 15) is 4.79 Å². The van der Waals surface area contributed by atoms with Gasteiger partial charge in [-0.15, -0.1) is 0 Å². The van der Waals surface area contributed by atoms with Crippen LogP contribution in [0, 0.1) is 6.92 Å². The molecular formula is C21H23N5O3. The highest BCUT2D eigenvalue weighted by Gasteiger charge is 2.31. The fourth-order valence-electron chi connectivity index (χ4n) is 3.77. The molecular weight excluding hydrogens is 370 g/mol. The zero-order chi connectivity index (χ0) is 20.2. The van der Waals surface area contributed by atoms with E-state index in [1.54, 1.807) is 18.6 Å². The number of hydrogen-bond donors (Lipinski definition) is 2. The number of imidazole rings is 1. The predicted octanol–water partition coefficient (Wildman–Crippen LogP) is 2.98. The molecule has 1 atom stereocenters. The summed E-state index contributed by atoms with van der Waals surface area (Å²) < 4.78 is 5.48. The number of hydrogen-bond acceptors (Lipinski definition) is 6. The summed E-state index contributed by atoms with van der Waals surface area (Å²) in [6, 6.07) is 7.68. The number of likely N-dealkylation sites (tertiary alicyclic amines) is 1. The lowest BCUT2D eigenvalue weighted by Crippen LogP contribution is -2.25. The smallest absolute Gasteiger partial charge is 0.341 e. The van der Waals surface area contributed by atoms with Crippen molar-refractivity contribution < 1.29 is 14.6 Å². The molecule has 0 amide bonds. The first-order valence-electron chi connectivity index (χ1n) is 9.61. The predicted molar refractivity (Wildman–Crippen MR) is 106 cm³/mol. The Bertz CT molecular complexity index is 1000. The highest BCUT2D eigenvalue weighted by molar-refractivity contribution is 5.68. The number of rotatable bonds is 7. The molecule has 8 heteroatoms. The minimum absolute atomic E-state index is 0.108. The van der Waals surface area contributed by atoms with E-state index in [2.05, 4.69) is 24.8 Å². The molecule has 2 N–H and O–H groups in total. The maximum absolute atomic E-state index is 10.9. The molecule has 0 spiro atoms. The SMILES string of the molecule is Cc1cnc(-c2nccnc2[C@@H]2CCCN2Cc2ccccc2OCC(=O)O)[nH]1. The maximum Gasteiger partial charge on any atom is 0.341 e. The Morgan fingerprint density at radius 3 is 2.90 bits per heavy atom. The molecule has 0 bridgehead atoms. The van der Waals surface area contributed by atoms with Crippen molar-refractivity contribution in [3.8, 4) is 17.3 Å². The van der Waals surface area contributed by atoms with Crippen LogP contribution in [0.5, 0.6) is 5.75 Å². The van der Waals surface area contributed by atoms with Gasteiger partial charge in [0.25, 0.3) is 0 Å². The summed E-state index contributed by atoms with van der Waals surface area (Å²) in [4.78, 5) is 30.1. The van der Waals surface area contributed by atoms with Crippen LogP contribution in [-0.4, -0.2) is 49.1 Å². The quantitative estimate of drug-likeness (QED) is 0.636. The van der Waals surface area contributed by atoms with Gasteiger partial charge < -0.3 is 14.8 Å². The van der Waals surface area contributed by atoms with Gasteiger partial charge in [0, 0.05) is 36.4 Å². The molecule has 0 aliphatic carbocycles. The molecule has 1 fully saturated rings. The van der Waals surface area contributed by atoms with E-state index in [0.717, 1.165) is 47.9 Å². The number of carboxylic acid groups (broad SMARTS) is 1. The maximum atomic E-state index is 10.9. The van der Waals surface area contributed by atoms with Crippen molar-refractivity contribution in [2.75, 3.05) is 13.2 Å². The van der Waals surface area contributed by atoms with E-state index in [4.69, 9.17) is 9.84 Å². The minimum atomic E-state index is -0.989. The fraction of sp³-hybridized carbons (Fsp3) is 0.333. The molecule has 29 heavy (non-hydrogen) atoms. The average Bonchev–Trinajstić information content (AvgIpc) is 3.36. The van der Waals surface area contributed by atoms with Gasteiger partial charge in [-0.1, -0.05) is 18.2 Å². The Morgan fingerprint density at radius 1 is 1.28 bits per heavy atom. The van der Waals surface area contributed by atoms with Crippen molar-refractivity contribution in [1.82, 2.24) is 24.8 Å². The molecule has 1 saturated heterocycles. The van der Waals surface area contributed by atoms with Crippen molar-refractivity contribution in [2.45, 2.75) is 32.4 Å². The Balaban J connectivity index is 1.60. The van der Waals surface area contributed by atoms with Crippen LogP contribution >= 0.6 is 0 Å². The number of nitrogens with zero attached hydrogens (tertiary/aromatic N) is 4. The van der Waals surface area contributed by atoms with Gasteiger partial charge in [-0.2, -0.15) is 0 Å². The molecule has 150 valence electrons. The van der Waals surface area contributed by atoms with E-state index in [1.807, 2.05) is 31.2 Å². The first-order valence-corrected chi connectivity index (χ1v) is 9.61. The molecule has 3 aromatic rings. The monoisotopic (exact) mass is 393 g/mol. The third-order valence-electron chi connectivity index (χ3n) is 5.03. The van der Waals surface area contributed by atoms with Crippen LogP contribution in [0.2, 0.25) is 0 Å². The Morgan fingerprint density at radius 2 is 2.10 bits per heavy atom. The number of aromatic amines is 1. The van der Waals surface area contributed by atoms with E-state index in [1.165, 1.54) is 0 Å². The zero-order valence-corrected chi connectivity index (χ0v) is 16.2. The Kier molecular flexibility index (Phi) is 5.53. The number of H-pyrrole nitrogens is 1. The van der Waals surface area contributed by atoms with Gasteiger partial charge in [-0.05, 0) is 32.4 Å². The summed E-state index contributed by atoms with van der Waals surface area (Å²) in [7, 11) is 0. The lowest BCUT2D eigenvalue weighted by molar-refractivity contribution is -0.139. The fourth-order valence-corrected chi connectivity index (χ4v) is 3.77. The van der Waals surface area contributed by atoms with Gasteiger partial charge in [-0.25, -0.2) is 14.8 Å². The number of ether oxygens (including phenoxy) is 1. The Hall–Kier alpha value is -3.26. The van der Waals surface area contributed by atoms with Crippen molar-refractivity contribution in [1.29, 1.82) is 0 Å². The number of para-hydroxylation sites is 1. The van der Waals surface area contributed by atoms with E-state index < -0.39 is 5.97 Å². The number of nitrogens with one attached hydrogen (secondary N) is 1. The van der Waals surface area contributed by atoms with Crippen molar-refractivity contribution in [3.63, 3.8) is 0 Å². The molecule has 0 radical (unpaired) electrons.